The molecule has 2 unspecified atom stereocenters. The van der Waals surface area contributed by atoms with Crippen LogP contribution >= 0.6 is 10.7 Å². The molecule has 0 bridgehead atoms. The summed E-state index contributed by atoms with van der Waals surface area (Å²) in [5.74, 6) is 0. The average molecular weight is 352 g/mol. The van der Waals surface area contributed by atoms with E-state index < -0.39 is 19.1 Å². The maximum absolute atomic E-state index is 12.8. The van der Waals surface area contributed by atoms with Gasteiger partial charge in [0, 0.05) is 22.8 Å². The van der Waals surface area contributed by atoms with Crippen molar-refractivity contribution in [3.05, 3.63) is 24.3 Å². The van der Waals surface area contributed by atoms with Crippen LogP contribution in [0.25, 0.3) is 0 Å². The molecule has 1 aromatic rings. The van der Waals surface area contributed by atoms with Crippen molar-refractivity contribution >= 4 is 29.8 Å². The number of rotatable bonds is 4. The van der Waals surface area contributed by atoms with Gasteiger partial charge in [0.05, 0.1) is 9.79 Å². The van der Waals surface area contributed by atoms with Crippen LogP contribution in [0.4, 0.5) is 0 Å². The SMILES string of the molecule is CCC1CCC(C)N1S(=O)(=O)c1cccc(S(=O)(=O)Cl)c1. The molecular weight excluding hydrogens is 334 g/mol. The van der Waals surface area contributed by atoms with Gasteiger partial charge in [-0.15, -0.1) is 0 Å². The lowest BCUT2D eigenvalue weighted by Gasteiger charge is -2.27. The molecule has 0 spiro atoms. The molecule has 1 fully saturated rings. The van der Waals surface area contributed by atoms with E-state index in [9.17, 15) is 16.8 Å². The molecule has 0 saturated carbocycles. The fourth-order valence-corrected chi connectivity index (χ4v) is 5.64. The second-order valence-corrected chi connectivity index (χ2v) is 9.65. The third kappa shape index (κ3) is 3.26. The van der Waals surface area contributed by atoms with E-state index in [1.807, 2.05) is 13.8 Å². The van der Waals surface area contributed by atoms with Gasteiger partial charge in [0.25, 0.3) is 9.05 Å². The van der Waals surface area contributed by atoms with Crippen molar-refractivity contribution in [1.82, 2.24) is 4.31 Å². The number of sulfonamides is 1. The topological polar surface area (TPSA) is 71.5 Å². The summed E-state index contributed by atoms with van der Waals surface area (Å²) < 4.78 is 49.8. The molecule has 8 heteroatoms. The first kappa shape index (κ1) is 16.7. The highest BCUT2D eigenvalue weighted by molar-refractivity contribution is 8.13. The summed E-state index contributed by atoms with van der Waals surface area (Å²) in [7, 11) is -2.39. The van der Waals surface area contributed by atoms with E-state index in [2.05, 4.69) is 0 Å². The standard InChI is InChI=1S/C13H18ClNO4S2/c1-3-11-8-7-10(2)15(11)21(18,19)13-6-4-5-12(9-13)20(14,16)17/h4-6,9-11H,3,7-8H2,1-2H3. The quantitative estimate of drug-likeness (QED) is 0.781. The summed E-state index contributed by atoms with van der Waals surface area (Å²) in [6.07, 6.45) is 2.37. The van der Waals surface area contributed by atoms with Crippen LogP contribution in [0.2, 0.25) is 0 Å². The summed E-state index contributed by atoms with van der Waals surface area (Å²) in [6.45, 7) is 3.82. The summed E-state index contributed by atoms with van der Waals surface area (Å²) in [5.41, 5.74) is 0. The Kier molecular flexibility index (Phi) is 4.68. The summed E-state index contributed by atoms with van der Waals surface area (Å²) in [4.78, 5) is -0.235. The molecule has 21 heavy (non-hydrogen) atoms. The Balaban J connectivity index is 2.50. The third-order valence-corrected chi connectivity index (χ3v) is 7.26. The lowest BCUT2D eigenvalue weighted by atomic mass is 10.2. The maximum atomic E-state index is 12.8. The van der Waals surface area contributed by atoms with E-state index >= 15 is 0 Å². The van der Waals surface area contributed by atoms with Gasteiger partial charge in [-0.2, -0.15) is 4.31 Å². The number of nitrogens with zero attached hydrogens (tertiary/aromatic N) is 1. The van der Waals surface area contributed by atoms with Gasteiger partial charge >= 0.3 is 0 Å². The maximum Gasteiger partial charge on any atom is 0.261 e. The predicted octanol–water partition coefficient (Wildman–Crippen LogP) is 2.57. The normalized spacial score (nSPS) is 24.3. The first-order valence-electron chi connectivity index (χ1n) is 6.76. The van der Waals surface area contributed by atoms with Crippen LogP contribution in [-0.2, 0) is 19.1 Å². The van der Waals surface area contributed by atoms with Gasteiger partial charge in [0.2, 0.25) is 10.0 Å². The molecule has 0 aliphatic carbocycles. The zero-order valence-corrected chi connectivity index (χ0v) is 14.2. The fourth-order valence-electron chi connectivity index (χ4n) is 2.77. The zero-order chi connectivity index (χ0) is 15.8. The van der Waals surface area contributed by atoms with E-state index in [0.717, 1.165) is 25.3 Å². The van der Waals surface area contributed by atoms with Crippen LogP contribution in [0.15, 0.2) is 34.1 Å². The number of benzene rings is 1. The Morgan fingerprint density at radius 1 is 1.19 bits per heavy atom. The highest BCUT2D eigenvalue weighted by atomic mass is 35.7. The fraction of sp³-hybridized carbons (Fsp3) is 0.538. The van der Waals surface area contributed by atoms with Gasteiger partial charge in [0.1, 0.15) is 0 Å². The first-order chi connectivity index (χ1) is 9.67. The van der Waals surface area contributed by atoms with Crippen LogP contribution < -0.4 is 0 Å². The van der Waals surface area contributed by atoms with E-state index in [-0.39, 0.29) is 21.9 Å². The molecule has 1 aromatic carbocycles. The monoisotopic (exact) mass is 351 g/mol. The zero-order valence-electron chi connectivity index (χ0n) is 11.9. The van der Waals surface area contributed by atoms with Crippen LogP contribution in [0, 0.1) is 0 Å². The molecule has 0 N–H and O–H groups in total. The Morgan fingerprint density at radius 3 is 2.38 bits per heavy atom. The molecule has 0 radical (unpaired) electrons. The van der Waals surface area contributed by atoms with Crippen molar-refractivity contribution in [2.24, 2.45) is 0 Å². The summed E-state index contributed by atoms with van der Waals surface area (Å²) >= 11 is 0. The molecule has 2 atom stereocenters. The molecule has 0 aromatic heterocycles. The second-order valence-electron chi connectivity index (χ2n) is 5.24. The predicted molar refractivity (Wildman–Crippen MR) is 81.3 cm³/mol. The largest absolute Gasteiger partial charge is 0.261 e. The highest BCUT2D eigenvalue weighted by Crippen LogP contribution is 2.33. The van der Waals surface area contributed by atoms with E-state index in [1.165, 1.54) is 22.5 Å². The van der Waals surface area contributed by atoms with Gasteiger partial charge in [-0.05, 0) is 44.4 Å². The highest BCUT2D eigenvalue weighted by Gasteiger charge is 2.39. The molecule has 0 amide bonds. The molecule has 1 heterocycles. The van der Waals surface area contributed by atoms with Gasteiger partial charge in [-0.3, -0.25) is 0 Å². The molecule has 118 valence electrons. The van der Waals surface area contributed by atoms with E-state index in [4.69, 9.17) is 10.7 Å². The van der Waals surface area contributed by atoms with Crippen LogP contribution in [0.5, 0.6) is 0 Å². The lowest BCUT2D eigenvalue weighted by Crippen LogP contribution is -2.39. The van der Waals surface area contributed by atoms with Crippen molar-refractivity contribution < 1.29 is 16.8 Å². The van der Waals surface area contributed by atoms with Crippen molar-refractivity contribution in [3.63, 3.8) is 0 Å². The second kappa shape index (κ2) is 5.87. The third-order valence-electron chi connectivity index (χ3n) is 3.85. The van der Waals surface area contributed by atoms with Crippen LogP contribution in [0.3, 0.4) is 0 Å². The minimum Gasteiger partial charge on any atom is -0.207 e. The summed E-state index contributed by atoms with van der Waals surface area (Å²) in [5, 5.41) is 0. The molecule has 5 nitrogen and oxygen atoms in total. The Hall–Kier alpha value is -0.630. The number of hydrogen-bond donors (Lipinski definition) is 0. The van der Waals surface area contributed by atoms with Crippen LogP contribution in [0.1, 0.15) is 33.1 Å². The number of hydrogen-bond acceptors (Lipinski definition) is 4. The van der Waals surface area contributed by atoms with Crippen LogP contribution in [-0.4, -0.2) is 33.2 Å². The Labute approximate surface area is 130 Å². The minimum absolute atomic E-state index is 0.0311. The van der Waals surface area contributed by atoms with Crippen molar-refractivity contribution in [2.45, 2.75) is 55.0 Å². The molecule has 1 aliphatic rings. The average Bonchev–Trinajstić information content (AvgIpc) is 2.79. The van der Waals surface area contributed by atoms with Gasteiger partial charge in [-0.1, -0.05) is 13.0 Å². The summed E-state index contributed by atoms with van der Waals surface area (Å²) in [6, 6.07) is 5.07. The van der Waals surface area contributed by atoms with Crippen molar-refractivity contribution in [3.8, 4) is 0 Å². The Morgan fingerprint density at radius 2 is 1.81 bits per heavy atom. The molecule has 2 rings (SSSR count). The van der Waals surface area contributed by atoms with E-state index in [1.54, 1.807) is 0 Å². The van der Waals surface area contributed by atoms with E-state index in [0.29, 0.717) is 0 Å². The minimum atomic E-state index is -3.95. The lowest BCUT2D eigenvalue weighted by molar-refractivity contribution is 0.328. The number of halogens is 1. The van der Waals surface area contributed by atoms with Gasteiger partial charge in [-0.25, -0.2) is 16.8 Å². The smallest absolute Gasteiger partial charge is 0.207 e. The van der Waals surface area contributed by atoms with Crippen molar-refractivity contribution in [2.75, 3.05) is 0 Å². The Bertz CT molecular complexity index is 730. The molecular formula is C13H18ClNO4S2. The molecule has 1 saturated heterocycles. The molecule has 1 aliphatic heterocycles. The van der Waals surface area contributed by atoms with Crippen molar-refractivity contribution in [1.29, 1.82) is 0 Å². The first-order valence-corrected chi connectivity index (χ1v) is 10.5. The van der Waals surface area contributed by atoms with Gasteiger partial charge in [0.15, 0.2) is 0 Å². The van der Waals surface area contributed by atoms with Gasteiger partial charge < -0.3 is 0 Å².